The van der Waals surface area contributed by atoms with Crippen LogP contribution in [0.25, 0.3) is 10.9 Å². The lowest BCUT2D eigenvalue weighted by atomic mass is 9.83. The molecule has 1 aromatic heterocycles. The van der Waals surface area contributed by atoms with Crippen molar-refractivity contribution in [3.8, 4) is 0 Å². The third-order valence-electron chi connectivity index (χ3n) is 6.70. The molecule has 0 unspecified atom stereocenters. The molecule has 152 valence electrons. The standard InChI is InChI=1S/C21H31N5O2/c1-4-21(26-11-13-28-14-12-26)7-9-25(10-8-21)20(27)22-17-5-6-18-16(2)24(3)23-19(18)15-17/h5-6,15H,4,7-14H2,1-3H3,(H,22,27). The molecule has 3 heterocycles. The number of fused-ring (bicyclic) bond motifs is 1. The van der Waals surface area contributed by atoms with Gasteiger partial charge in [0.05, 0.1) is 18.7 Å². The lowest BCUT2D eigenvalue weighted by Gasteiger charge is -2.49. The molecule has 0 spiro atoms. The van der Waals surface area contributed by atoms with Crippen LogP contribution in [0.5, 0.6) is 0 Å². The van der Waals surface area contributed by atoms with E-state index in [1.807, 2.05) is 34.8 Å². The highest BCUT2D eigenvalue weighted by atomic mass is 16.5. The second-order valence-electron chi connectivity index (χ2n) is 8.04. The van der Waals surface area contributed by atoms with Crippen molar-refractivity contribution in [3.05, 3.63) is 23.9 Å². The average molecular weight is 386 g/mol. The van der Waals surface area contributed by atoms with Gasteiger partial charge in [0.25, 0.3) is 0 Å². The fraction of sp³-hybridized carbons (Fsp3) is 0.619. The number of rotatable bonds is 3. The fourth-order valence-corrected chi connectivity index (χ4v) is 4.67. The topological polar surface area (TPSA) is 62.6 Å². The highest BCUT2D eigenvalue weighted by molar-refractivity contribution is 5.93. The van der Waals surface area contributed by atoms with E-state index in [1.54, 1.807) is 0 Å². The molecule has 7 heteroatoms. The molecule has 2 saturated heterocycles. The smallest absolute Gasteiger partial charge is 0.321 e. The molecule has 2 aliphatic heterocycles. The number of morpholine rings is 1. The van der Waals surface area contributed by atoms with Crippen LogP contribution in [-0.2, 0) is 11.8 Å². The number of benzene rings is 1. The Labute approximate surface area is 166 Å². The monoisotopic (exact) mass is 385 g/mol. The van der Waals surface area contributed by atoms with Gasteiger partial charge in [0.2, 0.25) is 0 Å². The van der Waals surface area contributed by atoms with Crippen molar-refractivity contribution in [2.24, 2.45) is 7.05 Å². The number of nitrogens with zero attached hydrogens (tertiary/aromatic N) is 4. The van der Waals surface area contributed by atoms with Crippen LogP contribution in [0.4, 0.5) is 10.5 Å². The van der Waals surface area contributed by atoms with E-state index in [9.17, 15) is 4.79 Å². The van der Waals surface area contributed by atoms with Crippen molar-refractivity contribution in [1.82, 2.24) is 19.6 Å². The van der Waals surface area contributed by atoms with Crippen LogP contribution in [0.15, 0.2) is 18.2 Å². The van der Waals surface area contributed by atoms with E-state index in [4.69, 9.17) is 4.74 Å². The van der Waals surface area contributed by atoms with Crippen molar-refractivity contribution in [3.63, 3.8) is 0 Å². The second kappa shape index (κ2) is 7.72. The SMILES string of the molecule is CCC1(N2CCOCC2)CCN(C(=O)Nc2ccc3c(C)n(C)nc3c2)CC1. The van der Waals surface area contributed by atoms with Gasteiger partial charge in [0.15, 0.2) is 0 Å². The molecule has 2 aromatic rings. The van der Waals surface area contributed by atoms with Gasteiger partial charge in [-0.2, -0.15) is 5.10 Å². The van der Waals surface area contributed by atoms with E-state index in [1.165, 1.54) is 0 Å². The number of aryl methyl sites for hydroxylation is 2. The molecule has 4 rings (SSSR count). The Morgan fingerprint density at radius 3 is 2.61 bits per heavy atom. The Bertz CT molecular complexity index is 848. The van der Waals surface area contributed by atoms with Crippen LogP contribution in [-0.4, -0.2) is 70.5 Å². The number of ether oxygens (including phenoxy) is 1. The molecule has 0 radical (unpaired) electrons. The lowest BCUT2D eigenvalue weighted by molar-refractivity contribution is -0.0449. The van der Waals surface area contributed by atoms with Crippen LogP contribution >= 0.6 is 0 Å². The summed E-state index contributed by atoms with van der Waals surface area (Å²) in [6.45, 7) is 9.56. The molecule has 0 bridgehead atoms. The summed E-state index contributed by atoms with van der Waals surface area (Å²) < 4.78 is 7.39. The zero-order valence-corrected chi connectivity index (χ0v) is 17.2. The molecule has 2 fully saturated rings. The number of nitrogens with one attached hydrogen (secondary N) is 1. The molecule has 0 aliphatic carbocycles. The van der Waals surface area contributed by atoms with Gasteiger partial charge >= 0.3 is 6.03 Å². The van der Waals surface area contributed by atoms with Gasteiger partial charge in [-0.05, 0) is 44.4 Å². The van der Waals surface area contributed by atoms with E-state index < -0.39 is 0 Å². The van der Waals surface area contributed by atoms with Crippen molar-refractivity contribution in [2.45, 2.75) is 38.6 Å². The molecule has 0 saturated carbocycles. The summed E-state index contributed by atoms with van der Waals surface area (Å²) in [5.74, 6) is 0. The molecule has 2 amide bonds. The summed E-state index contributed by atoms with van der Waals surface area (Å²) in [5, 5.41) is 8.69. The van der Waals surface area contributed by atoms with Crippen molar-refractivity contribution < 1.29 is 9.53 Å². The third kappa shape index (κ3) is 3.49. The van der Waals surface area contributed by atoms with Gasteiger partial charge in [-0.3, -0.25) is 9.58 Å². The van der Waals surface area contributed by atoms with E-state index in [0.717, 1.165) is 80.9 Å². The van der Waals surface area contributed by atoms with Crippen molar-refractivity contribution in [1.29, 1.82) is 0 Å². The molecular formula is C21H31N5O2. The summed E-state index contributed by atoms with van der Waals surface area (Å²) in [6.07, 6.45) is 3.17. The molecule has 28 heavy (non-hydrogen) atoms. The molecule has 2 aliphatic rings. The van der Waals surface area contributed by atoms with Crippen molar-refractivity contribution >= 4 is 22.6 Å². The van der Waals surface area contributed by atoms with Crippen LogP contribution in [0, 0.1) is 6.92 Å². The Hall–Kier alpha value is -2.12. The zero-order valence-electron chi connectivity index (χ0n) is 17.2. The van der Waals surface area contributed by atoms with Gasteiger partial charge in [-0.25, -0.2) is 4.79 Å². The second-order valence-corrected chi connectivity index (χ2v) is 8.04. The van der Waals surface area contributed by atoms with Crippen LogP contribution < -0.4 is 5.32 Å². The number of hydrogen-bond acceptors (Lipinski definition) is 4. The first-order valence-corrected chi connectivity index (χ1v) is 10.3. The highest BCUT2D eigenvalue weighted by Crippen LogP contribution is 2.33. The number of urea groups is 1. The third-order valence-corrected chi connectivity index (χ3v) is 6.70. The maximum Gasteiger partial charge on any atom is 0.321 e. The number of anilines is 1. The fourth-order valence-electron chi connectivity index (χ4n) is 4.67. The zero-order chi connectivity index (χ0) is 19.7. The van der Waals surface area contributed by atoms with Gasteiger partial charge in [-0.15, -0.1) is 0 Å². The van der Waals surface area contributed by atoms with E-state index in [-0.39, 0.29) is 11.6 Å². The molecular weight excluding hydrogens is 354 g/mol. The molecule has 0 atom stereocenters. The molecule has 7 nitrogen and oxygen atoms in total. The first kappa shape index (κ1) is 19.2. The molecule has 1 N–H and O–H groups in total. The van der Waals surface area contributed by atoms with Gasteiger partial charge in [0.1, 0.15) is 0 Å². The minimum atomic E-state index is -0.0151. The van der Waals surface area contributed by atoms with Crippen LogP contribution in [0.2, 0.25) is 0 Å². The number of amides is 2. The summed E-state index contributed by atoms with van der Waals surface area (Å²) in [7, 11) is 1.94. The predicted octanol–water partition coefficient (Wildman–Crippen LogP) is 2.99. The Kier molecular flexibility index (Phi) is 5.29. The average Bonchev–Trinajstić information content (AvgIpc) is 3.02. The number of carbonyl (C=O) groups is 1. The van der Waals surface area contributed by atoms with E-state index >= 15 is 0 Å². The largest absolute Gasteiger partial charge is 0.379 e. The maximum atomic E-state index is 12.8. The van der Waals surface area contributed by atoms with Crippen LogP contribution in [0.1, 0.15) is 31.9 Å². The molecule has 1 aromatic carbocycles. The van der Waals surface area contributed by atoms with Gasteiger partial charge in [0, 0.05) is 55.5 Å². The van der Waals surface area contributed by atoms with Crippen LogP contribution in [0.3, 0.4) is 0 Å². The number of piperidine rings is 1. The Balaban J connectivity index is 1.40. The van der Waals surface area contributed by atoms with E-state index in [2.05, 4.69) is 29.2 Å². The summed E-state index contributed by atoms with van der Waals surface area (Å²) >= 11 is 0. The minimum Gasteiger partial charge on any atom is -0.379 e. The first-order chi connectivity index (χ1) is 13.5. The Morgan fingerprint density at radius 2 is 1.93 bits per heavy atom. The van der Waals surface area contributed by atoms with Gasteiger partial charge < -0.3 is 15.0 Å². The first-order valence-electron chi connectivity index (χ1n) is 10.3. The maximum absolute atomic E-state index is 12.8. The van der Waals surface area contributed by atoms with Gasteiger partial charge in [-0.1, -0.05) is 6.92 Å². The lowest BCUT2D eigenvalue weighted by Crippen LogP contribution is -2.59. The summed E-state index contributed by atoms with van der Waals surface area (Å²) in [6, 6.07) is 5.93. The Morgan fingerprint density at radius 1 is 1.21 bits per heavy atom. The summed E-state index contributed by atoms with van der Waals surface area (Å²) in [5.41, 5.74) is 3.05. The normalized spacial score (nSPS) is 20.5. The predicted molar refractivity (Wildman–Crippen MR) is 111 cm³/mol. The number of carbonyl (C=O) groups excluding carboxylic acids is 1. The van der Waals surface area contributed by atoms with E-state index in [0.29, 0.717) is 0 Å². The number of likely N-dealkylation sites (tertiary alicyclic amines) is 1. The quantitative estimate of drug-likeness (QED) is 0.882. The number of aromatic nitrogens is 2. The highest BCUT2D eigenvalue weighted by Gasteiger charge is 2.39. The number of hydrogen-bond donors (Lipinski definition) is 1. The summed E-state index contributed by atoms with van der Waals surface area (Å²) in [4.78, 5) is 17.3. The van der Waals surface area contributed by atoms with Crippen molar-refractivity contribution in [2.75, 3.05) is 44.7 Å². The minimum absolute atomic E-state index is 0.0151.